The van der Waals surface area contributed by atoms with Gasteiger partial charge in [-0.2, -0.15) is 0 Å². The topological polar surface area (TPSA) is 65.1 Å². The second kappa shape index (κ2) is 10.2. The van der Waals surface area contributed by atoms with Crippen molar-refractivity contribution in [3.8, 4) is 17.2 Å². The molecule has 1 heterocycles. The number of sulfone groups is 1. The molecule has 2 aromatic carbocycles. The molecule has 1 fully saturated rings. The Balaban J connectivity index is 1.54. The van der Waals surface area contributed by atoms with Crippen LogP contribution >= 0.6 is 0 Å². The summed E-state index contributed by atoms with van der Waals surface area (Å²) in [6.07, 6.45) is -2.51. The van der Waals surface area contributed by atoms with Crippen molar-refractivity contribution in [2.24, 2.45) is 0 Å². The summed E-state index contributed by atoms with van der Waals surface area (Å²) < 4.78 is 76.1. The van der Waals surface area contributed by atoms with Crippen LogP contribution in [0, 0.1) is 0 Å². The quantitative estimate of drug-likeness (QED) is 0.586. The first kappa shape index (κ1) is 23.1. The van der Waals surface area contributed by atoms with E-state index < -0.39 is 16.2 Å². The Bertz CT molecular complexity index is 968. The van der Waals surface area contributed by atoms with Gasteiger partial charge >= 0.3 is 6.36 Å². The van der Waals surface area contributed by atoms with E-state index >= 15 is 0 Å². The summed E-state index contributed by atoms with van der Waals surface area (Å²) in [6.45, 7) is 3.86. The maximum Gasteiger partial charge on any atom is 0.573 e. The summed E-state index contributed by atoms with van der Waals surface area (Å²) in [5.74, 6) is 0.273. The summed E-state index contributed by atoms with van der Waals surface area (Å²) in [5.41, 5.74) is 0. The zero-order chi connectivity index (χ0) is 22.3. The number of rotatable bonds is 8. The molecule has 0 atom stereocenters. The highest BCUT2D eigenvalue weighted by molar-refractivity contribution is 7.94. The fraction of sp³-hybridized carbons (Fsp3) is 0.333. The van der Waals surface area contributed by atoms with E-state index in [1.54, 1.807) is 6.08 Å². The summed E-state index contributed by atoms with van der Waals surface area (Å²) in [4.78, 5) is 2.34. The van der Waals surface area contributed by atoms with E-state index in [-0.39, 0.29) is 16.4 Å². The fourth-order valence-electron chi connectivity index (χ4n) is 2.90. The fourth-order valence-corrected chi connectivity index (χ4v) is 3.96. The third-order valence-corrected chi connectivity index (χ3v) is 5.92. The molecule has 1 saturated heterocycles. The maximum absolute atomic E-state index is 12.4. The van der Waals surface area contributed by atoms with E-state index in [1.807, 2.05) is 0 Å². The van der Waals surface area contributed by atoms with Crippen LogP contribution < -0.4 is 9.47 Å². The van der Waals surface area contributed by atoms with Crippen molar-refractivity contribution in [3.63, 3.8) is 0 Å². The highest BCUT2D eigenvalue weighted by Gasteiger charge is 2.31. The van der Waals surface area contributed by atoms with Crippen molar-refractivity contribution in [2.75, 3.05) is 32.8 Å². The van der Waals surface area contributed by atoms with Crippen LogP contribution in [0.4, 0.5) is 13.2 Å². The number of alkyl halides is 3. The Morgan fingerprint density at radius 3 is 2.06 bits per heavy atom. The lowest BCUT2D eigenvalue weighted by Gasteiger charge is -2.25. The number of halogens is 3. The van der Waals surface area contributed by atoms with E-state index in [9.17, 15) is 21.6 Å². The van der Waals surface area contributed by atoms with Crippen molar-refractivity contribution in [1.82, 2.24) is 4.90 Å². The second-order valence-electron chi connectivity index (χ2n) is 6.75. The summed E-state index contributed by atoms with van der Waals surface area (Å²) in [5, 5.41) is 1.20. The zero-order valence-electron chi connectivity index (χ0n) is 16.5. The van der Waals surface area contributed by atoms with Crippen LogP contribution in [-0.2, 0) is 14.6 Å². The van der Waals surface area contributed by atoms with Crippen LogP contribution in [0.2, 0.25) is 0 Å². The van der Waals surface area contributed by atoms with Gasteiger partial charge in [-0.25, -0.2) is 8.42 Å². The van der Waals surface area contributed by atoms with Gasteiger partial charge in [0.1, 0.15) is 17.2 Å². The number of ether oxygens (including phenoxy) is 3. The van der Waals surface area contributed by atoms with Crippen molar-refractivity contribution in [2.45, 2.75) is 17.7 Å². The Morgan fingerprint density at radius 1 is 0.935 bits per heavy atom. The molecule has 0 N–H and O–H groups in total. The van der Waals surface area contributed by atoms with Gasteiger partial charge in [0.05, 0.1) is 18.1 Å². The van der Waals surface area contributed by atoms with Crippen molar-refractivity contribution in [1.29, 1.82) is 0 Å². The van der Waals surface area contributed by atoms with Gasteiger partial charge < -0.3 is 14.2 Å². The van der Waals surface area contributed by atoms with Crippen molar-refractivity contribution in [3.05, 3.63) is 60.0 Å². The highest BCUT2D eigenvalue weighted by atomic mass is 32.2. The van der Waals surface area contributed by atoms with E-state index in [2.05, 4.69) is 9.64 Å². The second-order valence-corrected chi connectivity index (χ2v) is 8.59. The predicted octanol–water partition coefficient (Wildman–Crippen LogP) is 4.39. The maximum atomic E-state index is 12.4. The Morgan fingerprint density at radius 2 is 1.48 bits per heavy atom. The summed E-state index contributed by atoms with van der Waals surface area (Å²) in [6, 6.07) is 10.7. The molecular weight excluding hydrogens is 435 g/mol. The van der Waals surface area contributed by atoms with E-state index in [1.165, 1.54) is 41.8 Å². The van der Waals surface area contributed by atoms with Crippen LogP contribution in [0.25, 0.3) is 0 Å². The molecule has 6 nitrogen and oxygen atoms in total. The molecule has 0 aliphatic carbocycles. The monoisotopic (exact) mass is 457 g/mol. The van der Waals surface area contributed by atoms with Gasteiger partial charge in [0.25, 0.3) is 0 Å². The first-order chi connectivity index (χ1) is 14.7. The van der Waals surface area contributed by atoms with Crippen molar-refractivity contribution >= 4 is 9.84 Å². The Labute approximate surface area is 178 Å². The van der Waals surface area contributed by atoms with Gasteiger partial charge in [-0.15, -0.1) is 13.2 Å². The average molecular weight is 457 g/mol. The minimum absolute atomic E-state index is 0.122. The number of hydrogen-bond acceptors (Lipinski definition) is 6. The number of hydrogen-bond donors (Lipinski definition) is 0. The molecular formula is C21H22F3NO5S. The molecule has 0 bridgehead atoms. The van der Waals surface area contributed by atoms with Gasteiger partial charge in [-0.3, -0.25) is 4.90 Å². The lowest BCUT2D eigenvalue weighted by molar-refractivity contribution is -0.274. The van der Waals surface area contributed by atoms with E-state index in [0.717, 1.165) is 31.8 Å². The molecule has 2 aromatic rings. The minimum atomic E-state index is -4.76. The highest BCUT2D eigenvalue weighted by Crippen LogP contribution is 2.28. The molecule has 3 rings (SSSR count). The lowest BCUT2D eigenvalue weighted by atomic mass is 10.3. The SMILES string of the molecule is O=S(=O)(/C=C/CCN1CCOCC1)c1ccc(Oc2ccc(OC(F)(F)F)cc2)cc1. The van der Waals surface area contributed by atoms with Crippen LogP contribution in [0.5, 0.6) is 17.2 Å². The molecule has 0 saturated carbocycles. The normalized spacial score (nSPS) is 15.8. The number of benzene rings is 2. The third kappa shape index (κ3) is 7.57. The third-order valence-electron chi connectivity index (χ3n) is 4.44. The van der Waals surface area contributed by atoms with Gasteiger partial charge in [0.2, 0.25) is 0 Å². The zero-order valence-corrected chi connectivity index (χ0v) is 17.4. The standard InChI is InChI=1S/C21H22F3NO5S/c22-21(23,24)30-19-5-3-17(4-6-19)29-18-7-9-20(10-8-18)31(26,27)16-2-1-11-25-12-14-28-15-13-25/h2-10,16H,1,11-15H2/b16-2+. The smallest absolute Gasteiger partial charge is 0.457 e. The van der Waals surface area contributed by atoms with Gasteiger partial charge in [0, 0.05) is 25.0 Å². The van der Waals surface area contributed by atoms with Crippen LogP contribution in [0.15, 0.2) is 64.9 Å². The number of nitrogens with zero attached hydrogens (tertiary/aromatic N) is 1. The molecule has 168 valence electrons. The Hall–Kier alpha value is -2.56. The van der Waals surface area contributed by atoms with Crippen LogP contribution in [0.3, 0.4) is 0 Å². The molecule has 0 amide bonds. The molecule has 0 aromatic heterocycles. The molecule has 1 aliphatic rings. The van der Waals surface area contributed by atoms with E-state index in [0.29, 0.717) is 25.4 Å². The first-order valence-corrected chi connectivity index (χ1v) is 11.1. The molecule has 0 radical (unpaired) electrons. The molecule has 10 heteroatoms. The molecule has 0 spiro atoms. The lowest BCUT2D eigenvalue weighted by Crippen LogP contribution is -2.36. The van der Waals surface area contributed by atoms with Gasteiger partial charge in [-0.1, -0.05) is 6.08 Å². The Kier molecular flexibility index (Phi) is 7.58. The predicted molar refractivity (Wildman–Crippen MR) is 108 cm³/mol. The van der Waals surface area contributed by atoms with Crippen LogP contribution in [0.1, 0.15) is 6.42 Å². The minimum Gasteiger partial charge on any atom is -0.457 e. The number of morpholine rings is 1. The molecule has 31 heavy (non-hydrogen) atoms. The average Bonchev–Trinajstić information content (AvgIpc) is 2.73. The molecule has 0 unspecified atom stereocenters. The largest absolute Gasteiger partial charge is 0.573 e. The van der Waals surface area contributed by atoms with Gasteiger partial charge in [-0.05, 0) is 55.0 Å². The summed E-state index contributed by atoms with van der Waals surface area (Å²) in [7, 11) is -3.58. The molecule has 1 aliphatic heterocycles. The van der Waals surface area contributed by atoms with Gasteiger partial charge in [0.15, 0.2) is 9.84 Å². The van der Waals surface area contributed by atoms with E-state index in [4.69, 9.17) is 9.47 Å². The van der Waals surface area contributed by atoms with Crippen molar-refractivity contribution < 1.29 is 35.8 Å². The first-order valence-electron chi connectivity index (χ1n) is 9.57. The summed E-state index contributed by atoms with van der Waals surface area (Å²) >= 11 is 0. The van der Waals surface area contributed by atoms with Crippen LogP contribution in [-0.4, -0.2) is 52.5 Å².